The summed E-state index contributed by atoms with van der Waals surface area (Å²) in [5, 5.41) is 0. The minimum Gasteiger partial charge on any atom is -0.370 e. The average Bonchev–Trinajstić information content (AvgIpc) is 2.30. The van der Waals surface area contributed by atoms with Crippen molar-refractivity contribution in [2.75, 3.05) is 6.61 Å². The number of ether oxygens (including phenoxy) is 1. The molecule has 0 saturated heterocycles. The van der Waals surface area contributed by atoms with Gasteiger partial charge in [0.2, 0.25) is 0 Å². The first-order valence-electron chi connectivity index (χ1n) is 6.65. The van der Waals surface area contributed by atoms with E-state index in [0.717, 1.165) is 23.1 Å². The molecule has 0 spiro atoms. The lowest BCUT2D eigenvalue weighted by molar-refractivity contribution is 0.0442. The Hall–Kier alpha value is -1.15. The molecule has 0 saturated carbocycles. The fraction of sp³-hybridized carbons (Fsp3) is 0.562. The highest BCUT2D eigenvalue weighted by molar-refractivity contribution is 6.00. The van der Waals surface area contributed by atoms with Crippen molar-refractivity contribution in [3.8, 4) is 0 Å². The van der Waals surface area contributed by atoms with Crippen LogP contribution in [0.2, 0.25) is 0 Å². The molecule has 0 N–H and O–H groups in total. The molecule has 100 valence electrons. The lowest BCUT2D eigenvalue weighted by atomic mass is 9.99. The molecule has 0 heterocycles. The first-order valence-corrected chi connectivity index (χ1v) is 6.65. The van der Waals surface area contributed by atoms with E-state index in [0.29, 0.717) is 12.5 Å². The highest BCUT2D eigenvalue weighted by Gasteiger charge is 2.17. The Morgan fingerprint density at radius 2 is 1.89 bits per heavy atom. The minimum atomic E-state index is -0.357. The van der Waals surface area contributed by atoms with Crippen LogP contribution in [0.3, 0.4) is 0 Å². The summed E-state index contributed by atoms with van der Waals surface area (Å²) in [5.74, 6) is 0.688. The summed E-state index contributed by atoms with van der Waals surface area (Å²) in [4.78, 5) is 12.3. The Kier molecular flexibility index (Phi) is 5.54. The maximum atomic E-state index is 12.3. The van der Waals surface area contributed by atoms with E-state index in [-0.39, 0.29) is 11.9 Å². The van der Waals surface area contributed by atoms with Gasteiger partial charge in [0.05, 0.1) is 0 Å². The zero-order valence-corrected chi connectivity index (χ0v) is 12.1. The quantitative estimate of drug-likeness (QED) is 0.713. The number of rotatable bonds is 6. The van der Waals surface area contributed by atoms with Crippen LogP contribution in [-0.4, -0.2) is 18.5 Å². The molecular formula is C16H24O2. The van der Waals surface area contributed by atoms with Crippen molar-refractivity contribution in [3.05, 3.63) is 34.9 Å². The molecule has 0 aliphatic heterocycles. The molecule has 2 nitrogen and oxygen atoms in total. The van der Waals surface area contributed by atoms with Crippen LogP contribution in [-0.2, 0) is 4.74 Å². The second kappa shape index (κ2) is 6.69. The van der Waals surface area contributed by atoms with Gasteiger partial charge in [-0.15, -0.1) is 0 Å². The smallest absolute Gasteiger partial charge is 0.191 e. The molecule has 1 aromatic rings. The van der Waals surface area contributed by atoms with Crippen LogP contribution in [0.5, 0.6) is 0 Å². The third-order valence-corrected chi connectivity index (χ3v) is 3.09. The summed E-state index contributed by atoms with van der Waals surface area (Å²) in [5.41, 5.74) is 2.91. The Morgan fingerprint density at radius 1 is 1.22 bits per heavy atom. The number of carbonyl (C=O) groups is 1. The molecule has 0 aliphatic rings. The minimum absolute atomic E-state index is 0.0833. The van der Waals surface area contributed by atoms with Gasteiger partial charge in [0, 0.05) is 12.2 Å². The van der Waals surface area contributed by atoms with Gasteiger partial charge in [0.15, 0.2) is 5.78 Å². The van der Waals surface area contributed by atoms with Crippen molar-refractivity contribution in [1.82, 2.24) is 0 Å². The van der Waals surface area contributed by atoms with Crippen molar-refractivity contribution in [2.24, 2.45) is 5.92 Å². The van der Waals surface area contributed by atoms with Crippen molar-refractivity contribution in [1.29, 1.82) is 0 Å². The van der Waals surface area contributed by atoms with Gasteiger partial charge in [-0.25, -0.2) is 0 Å². The Bertz CT molecular complexity index is 408. The summed E-state index contributed by atoms with van der Waals surface area (Å²) in [6.07, 6.45) is 0.633. The number of hydrogen-bond acceptors (Lipinski definition) is 2. The molecule has 1 atom stereocenters. The molecule has 2 heteroatoms. The molecule has 0 amide bonds. The SMILES string of the molecule is Cc1ccc(C)c(C(=O)C(C)OCCC(C)C)c1. The lowest BCUT2D eigenvalue weighted by Crippen LogP contribution is -2.22. The van der Waals surface area contributed by atoms with Crippen LogP contribution < -0.4 is 0 Å². The number of carbonyl (C=O) groups excluding carboxylic acids is 1. The normalized spacial score (nSPS) is 12.8. The van der Waals surface area contributed by atoms with Crippen LogP contribution in [0, 0.1) is 19.8 Å². The summed E-state index contributed by atoms with van der Waals surface area (Å²) >= 11 is 0. The predicted molar refractivity (Wildman–Crippen MR) is 75.1 cm³/mol. The fourth-order valence-electron chi connectivity index (χ4n) is 1.78. The highest BCUT2D eigenvalue weighted by Crippen LogP contribution is 2.14. The first kappa shape index (κ1) is 14.9. The Labute approximate surface area is 110 Å². The van der Waals surface area contributed by atoms with E-state index >= 15 is 0 Å². The van der Waals surface area contributed by atoms with Crippen LogP contribution in [0.4, 0.5) is 0 Å². The van der Waals surface area contributed by atoms with E-state index in [9.17, 15) is 4.79 Å². The second-order valence-corrected chi connectivity index (χ2v) is 5.38. The van der Waals surface area contributed by atoms with E-state index in [1.54, 1.807) is 0 Å². The number of hydrogen-bond donors (Lipinski definition) is 0. The van der Waals surface area contributed by atoms with Crippen molar-refractivity contribution < 1.29 is 9.53 Å². The lowest BCUT2D eigenvalue weighted by Gasteiger charge is -2.14. The summed E-state index contributed by atoms with van der Waals surface area (Å²) in [6, 6.07) is 5.96. The molecule has 0 bridgehead atoms. The van der Waals surface area contributed by atoms with Crippen molar-refractivity contribution in [3.63, 3.8) is 0 Å². The molecular weight excluding hydrogens is 224 g/mol. The monoisotopic (exact) mass is 248 g/mol. The summed E-state index contributed by atoms with van der Waals surface area (Å²) in [6.45, 7) is 10.8. The van der Waals surface area contributed by atoms with Gasteiger partial charge in [-0.1, -0.05) is 31.5 Å². The Balaban J connectivity index is 2.65. The van der Waals surface area contributed by atoms with E-state index in [2.05, 4.69) is 13.8 Å². The molecule has 18 heavy (non-hydrogen) atoms. The van der Waals surface area contributed by atoms with Gasteiger partial charge in [-0.2, -0.15) is 0 Å². The Morgan fingerprint density at radius 3 is 2.50 bits per heavy atom. The number of ketones is 1. The molecule has 0 fully saturated rings. The number of Topliss-reactive ketones (excluding diaryl/α,β-unsaturated/α-hetero) is 1. The topological polar surface area (TPSA) is 26.3 Å². The fourth-order valence-corrected chi connectivity index (χ4v) is 1.78. The summed E-state index contributed by atoms with van der Waals surface area (Å²) in [7, 11) is 0. The van der Waals surface area contributed by atoms with E-state index in [1.807, 2.05) is 39.0 Å². The zero-order chi connectivity index (χ0) is 13.7. The van der Waals surface area contributed by atoms with E-state index in [1.165, 1.54) is 0 Å². The molecule has 1 aromatic carbocycles. The number of benzene rings is 1. The molecule has 0 radical (unpaired) electrons. The third-order valence-electron chi connectivity index (χ3n) is 3.09. The van der Waals surface area contributed by atoms with Crippen molar-refractivity contribution >= 4 is 5.78 Å². The average molecular weight is 248 g/mol. The second-order valence-electron chi connectivity index (χ2n) is 5.38. The largest absolute Gasteiger partial charge is 0.370 e. The molecule has 1 unspecified atom stereocenters. The van der Waals surface area contributed by atoms with Gasteiger partial charge < -0.3 is 4.74 Å². The standard InChI is InChI=1S/C16H24O2/c1-11(2)8-9-18-14(5)16(17)15-10-12(3)6-7-13(15)4/h6-7,10-11,14H,8-9H2,1-5H3. The molecule has 0 aliphatic carbocycles. The predicted octanol–water partition coefficient (Wildman–Crippen LogP) is 3.94. The van der Waals surface area contributed by atoms with Gasteiger partial charge >= 0.3 is 0 Å². The van der Waals surface area contributed by atoms with Crippen LogP contribution in [0.1, 0.15) is 48.7 Å². The molecule has 0 aromatic heterocycles. The van der Waals surface area contributed by atoms with Gasteiger partial charge in [0.1, 0.15) is 6.10 Å². The molecule has 1 rings (SSSR count). The first-order chi connectivity index (χ1) is 8.41. The maximum absolute atomic E-state index is 12.3. The highest BCUT2D eigenvalue weighted by atomic mass is 16.5. The van der Waals surface area contributed by atoms with Crippen LogP contribution in [0.25, 0.3) is 0 Å². The van der Waals surface area contributed by atoms with Crippen LogP contribution >= 0.6 is 0 Å². The van der Waals surface area contributed by atoms with Gasteiger partial charge in [0.25, 0.3) is 0 Å². The van der Waals surface area contributed by atoms with Gasteiger partial charge in [-0.05, 0) is 44.7 Å². The van der Waals surface area contributed by atoms with Gasteiger partial charge in [-0.3, -0.25) is 4.79 Å². The summed E-state index contributed by atoms with van der Waals surface area (Å²) < 4.78 is 5.61. The maximum Gasteiger partial charge on any atom is 0.191 e. The zero-order valence-electron chi connectivity index (χ0n) is 12.1. The number of aryl methyl sites for hydroxylation is 2. The van der Waals surface area contributed by atoms with Crippen molar-refractivity contribution in [2.45, 2.75) is 47.1 Å². The van der Waals surface area contributed by atoms with E-state index in [4.69, 9.17) is 4.74 Å². The van der Waals surface area contributed by atoms with Crippen LogP contribution in [0.15, 0.2) is 18.2 Å². The van der Waals surface area contributed by atoms with E-state index < -0.39 is 0 Å². The third kappa shape index (κ3) is 4.26.